The smallest absolute Gasteiger partial charge is 0.0623 e. The van der Waals surface area contributed by atoms with Crippen LogP contribution in [0.4, 0.5) is 0 Å². The zero-order valence-electron chi connectivity index (χ0n) is 6.11. The van der Waals surface area contributed by atoms with Crippen molar-refractivity contribution in [2.24, 2.45) is 5.73 Å². The van der Waals surface area contributed by atoms with Gasteiger partial charge in [0.1, 0.15) is 0 Å². The van der Waals surface area contributed by atoms with Crippen molar-refractivity contribution in [3.05, 3.63) is 36.4 Å². The summed E-state index contributed by atoms with van der Waals surface area (Å²) in [6.45, 7) is 0. The summed E-state index contributed by atoms with van der Waals surface area (Å²) in [5.74, 6) is 0. The predicted molar refractivity (Wildman–Crippen MR) is 48.3 cm³/mol. The Morgan fingerprint density at radius 2 is 0.909 bits per heavy atom. The first-order valence-corrected chi connectivity index (χ1v) is 6.82. The molecular weight excluding hydrogens is 275 g/mol. The molecule has 1 rings (SSSR count). The van der Waals surface area contributed by atoms with E-state index in [-0.39, 0.29) is 15.9 Å². The molecule has 0 unspecified atom stereocenters. The fraction of sp³-hybridized carbons (Fsp3) is 0.143. The van der Waals surface area contributed by atoms with E-state index in [2.05, 4.69) is 5.73 Å². The summed E-state index contributed by atoms with van der Waals surface area (Å²) in [7, 11) is 11.1. The largest absolute Gasteiger partial charge is 0.0623 e. The Morgan fingerprint density at radius 1 is 0.818 bits per heavy atom. The molecular formula is C7H11Cl2NPd. The summed E-state index contributed by atoms with van der Waals surface area (Å²) in [5, 5.41) is 0. The van der Waals surface area contributed by atoms with Gasteiger partial charge in [0.15, 0.2) is 0 Å². The number of hydrogen-bond acceptors (Lipinski definition) is 1. The van der Waals surface area contributed by atoms with E-state index in [0.29, 0.717) is 0 Å². The Balaban J connectivity index is 0. The molecule has 0 aliphatic carbocycles. The van der Waals surface area contributed by atoms with Crippen LogP contribution in [0.1, 0.15) is 0 Å². The van der Waals surface area contributed by atoms with Gasteiger partial charge in [0, 0.05) is 0 Å². The van der Waals surface area contributed by atoms with Gasteiger partial charge in [-0.3, -0.25) is 0 Å². The van der Waals surface area contributed by atoms with Gasteiger partial charge in [-0.25, -0.2) is 0 Å². The Bertz CT molecular complexity index is 99.3. The standard InChI is InChI=1S/C6H6.CH5N.2ClH.Pd/c1-2-4-6-5-3-1;1-2;;;/h1-6H;2H2,1H3;2*1H;/q;;;;+2/p-2. The van der Waals surface area contributed by atoms with Crippen LogP contribution in [0.5, 0.6) is 0 Å². The average Bonchev–Trinajstić information content (AvgIpc) is 2.12. The summed E-state index contributed by atoms with van der Waals surface area (Å²) in [6, 6.07) is 12.0. The summed E-state index contributed by atoms with van der Waals surface area (Å²) in [4.78, 5) is 0. The summed E-state index contributed by atoms with van der Waals surface area (Å²) in [5.41, 5.74) is 4.50. The van der Waals surface area contributed by atoms with E-state index in [1.165, 1.54) is 7.05 Å². The summed E-state index contributed by atoms with van der Waals surface area (Å²) in [6.07, 6.45) is 0. The number of halogens is 2. The van der Waals surface area contributed by atoms with Crippen molar-refractivity contribution in [1.29, 1.82) is 0 Å². The molecule has 1 nitrogen and oxygen atoms in total. The first-order chi connectivity index (χ1) is 5.41. The Morgan fingerprint density at radius 3 is 1.00 bits per heavy atom. The molecule has 0 saturated heterocycles. The number of nitrogens with two attached hydrogens (primary N) is 1. The molecule has 0 aliphatic rings. The van der Waals surface area contributed by atoms with Crippen molar-refractivity contribution in [2.75, 3.05) is 7.05 Å². The minimum atomic E-state index is -0.106. The topological polar surface area (TPSA) is 26.0 Å². The van der Waals surface area contributed by atoms with Gasteiger partial charge in [0.2, 0.25) is 0 Å². The average molecular weight is 286 g/mol. The first kappa shape index (κ1) is 14.0. The molecule has 1 aromatic carbocycles. The third-order valence-corrected chi connectivity index (χ3v) is 0.667. The second-order valence-corrected chi connectivity index (χ2v) is 3.56. The van der Waals surface area contributed by atoms with E-state index in [1.54, 1.807) is 0 Å². The van der Waals surface area contributed by atoms with Gasteiger partial charge in [-0.15, -0.1) is 0 Å². The van der Waals surface area contributed by atoms with E-state index >= 15 is 0 Å². The molecule has 68 valence electrons. The van der Waals surface area contributed by atoms with Crippen molar-refractivity contribution < 1.29 is 15.9 Å². The van der Waals surface area contributed by atoms with Crippen molar-refractivity contribution in [3.8, 4) is 0 Å². The molecule has 4 heteroatoms. The fourth-order valence-corrected chi connectivity index (χ4v) is 0.385. The second-order valence-electron chi connectivity index (χ2n) is 1.20. The third-order valence-electron chi connectivity index (χ3n) is 0.667. The van der Waals surface area contributed by atoms with E-state index in [4.69, 9.17) is 19.1 Å². The molecule has 2 N–H and O–H groups in total. The van der Waals surface area contributed by atoms with E-state index in [0.717, 1.165) is 0 Å². The third kappa shape index (κ3) is 17.9. The number of benzene rings is 1. The number of rotatable bonds is 0. The van der Waals surface area contributed by atoms with Crippen LogP contribution in [-0.2, 0) is 15.9 Å². The Labute approximate surface area is 84.0 Å². The van der Waals surface area contributed by atoms with Crippen molar-refractivity contribution in [3.63, 3.8) is 0 Å². The maximum atomic E-state index is 4.81. The van der Waals surface area contributed by atoms with Crippen molar-refractivity contribution in [1.82, 2.24) is 0 Å². The minimum Gasteiger partial charge on any atom is -0.0623 e. The maximum absolute atomic E-state index is 4.81. The molecule has 0 amide bonds. The Kier molecular flexibility index (Phi) is 21.3. The normalized spacial score (nSPS) is 6.91. The molecule has 11 heavy (non-hydrogen) atoms. The van der Waals surface area contributed by atoms with Crippen LogP contribution in [-0.4, -0.2) is 7.05 Å². The molecule has 0 saturated carbocycles. The van der Waals surface area contributed by atoms with Crippen LogP contribution < -0.4 is 5.73 Å². The molecule has 0 heterocycles. The van der Waals surface area contributed by atoms with E-state index in [1.807, 2.05) is 36.4 Å². The summed E-state index contributed by atoms with van der Waals surface area (Å²) < 4.78 is 0. The molecule has 1 aromatic rings. The molecule has 0 atom stereocenters. The van der Waals surface area contributed by atoms with Crippen LogP contribution in [0.25, 0.3) is 0 Å². The van der Waals surface area contributed by atoms with Crippen molar-refractivity contribution in [2.45, 2.75) is 0 Å². The maximum Gasteiger partial charge on any atom is -0.0623 e. The van der Waals surface area contributed by atoms with Crippen molar-refractivity contribution >= 4 is 19.1 Å². The molecule has 0 spiro atoms. The van der Waals surface area contributed by atoms with E-state index < -0.39 is 0 Å². The van der Waals surface area contributed by atoms with Crippen LogP contribution in [0, 0.1) is 0 Å². The quantitative estimate of drug-likeness (QED) is 0.729. The van der Waals surface area contributed by atoms with Gasteiger partial charge < -0.3 is 5.73 Å². The predicted octanol–water partition coefficient (Wildman–Crippen LogP) is 2.64. The molecule has 0 aromatic heterocycles. The minimum absolute atomic E-state index is 0.106. The fourth-order valence-electron chi connectivity index (χ4n) is 0.385. The molecule has 0 aliphatic heterocycles. The zero-order valence-corrected chi connectivity index (χ0v) is 9.18. The first-order valence-electron chi connectivity index (χ1n) is 2.82. The van der Waals surface area contributed by atoms with Gasteiger partial charge >= 0.3 is 35.0 Å². The van der Waals surface area contributed by atoms with Gasteiger partial charge in [-0.1, -0.05) is 36.4 Å². The number of hydrogen-bond donors (Lipinski definition) is 1. The van der Waals surface area contributed by atoms with Gasteiger partial charge in [-0.05, 0) is 7.05 Å². The van der Waals surface area contributed by atoms with Crippen LogP contribution in [0.2, 0.25) is 0 Å². The molecule has 0 radical (unpaired) electrons. The zero-order chi connectivity index (χ0) is 8.95. The van der Waals surface area contributed by atoms with Crippen LogP contribution >= 0.6 is 19.1 Å². The molecule has 0 fully saturated rings. The summed E-state index contributed by atoms with van der Waals surface area (Å²) >= 11 is -0.106. The second kappa shape index (κ2) is 16.8. The van der Waals surface area contributed by atoms with E-state index in [9.17, 15) is 0 Å². The van der Waals surface area contributed by atoms with Crippen LogP contribution in [0.15, 0.2) is 36.4 Å². The van der Waals surface area contributed by atoms with Gasteiger partial charge in [-0.2, -0.15) is 0 Å². The Hall–Kier alpha value is 0.422. The molecule has 0 bridgehead atoms. The van der Waals surface area contributed by atoms with Gasteiger partial charge in [0.05, 0.1) is 0 Å². The van der Waals surface area contributed by atoms with Crippen LogP contribution in [0.3, 0.4) is 0 Å². The van der Waals surface area contributed by atoms with Gasteiger partial charge in [0.25, 0.3) is 0 Å². The SMILES string of the molecule is CN.[Cl][Pd][Cl].c1ccccc1. The monoisotopic (exact) mass is 285 g/mol.